The Morgan fingerprint density at radius 1 is 1.10 bits per heavy atom. The number of hydrogen-bond donors (Lipinski definition) is 1. The lowest BCUT2D eigenvalue weighted by Crippen LogP contribution is -2.25. The van der Waals surface area contributed by atoms with Gasteiger partial charge in [0.15, 0.2) is 0 Å². The monoisotopic (exact) mass is 288 g/mol. The number of nitrogen functional groups attached to an aromatic ring is 1. The van der Waals surface area contributed by atoms with Crippen LogP contribution in [0.3, 0.4) is 0 Å². The molecular weight excluding hydrogens is 272 g/mol. The summed E-state index contributed by atoms with van der Waals surface area (Å²) >= 11 is 0. The number of benzene rings is 1. The third-order valence-corrected chi connectivity index (χ3v) is 2.66. The molecule has 1 aromatic carbocycles. The van der Waals surface area contributed by atoms with E-state index in [9.17, 15) is 9.59 Å². The van der Waals surface area contributed by atoms with E-state index in [0.29, 0.717) is 11.4 Å². The van der Waals surface area contributed by atoms with E-state index in [0.717, 1.165) is 0 Å². The minimum Gasteiger partial charge on any atom is -0.490 e. The number of carbonyl (C=O) groups excluding carboxylic acids is 1. The zero-order chi connectivity index (χ0) is 15.1. The third kappa shape index (κ3) is 4.68. The minimum absolute atomic E-state index is 0.116. The van der Waals surface area contributed by atoms with Gasteiger partial charge in [-0.3, -0.25) is 9.59 Å². The summed E-state index contributed by atoms with van der Waals surface area (Å²) in [5, 5.41) is 0. The minimum atomic E-state index is -0.514. The van der Waals surface area contributed by atoms with Gasteiger partial charge in [0.25, 0.3) is 5.56 Å². The van der Waals surface area contributed by atoms with Gasteiger partial charge in [-0.25, -0.2) is 0 Å². The van der Waals surface area contributed by atoms with E-state index in [1.807, 2.05) is 30.3 Å². The van der Waals surface area contributed by atoms with Gasteiger partial charge in [0.05, 0.1) is 0 Å². The first-order chi connectivity index (χ1) is 10.1. The quantitative estimate of drug-likeness (QED) is 0.634. The summed E-state index contributed by atoms with van der Waals surface area (Å²) in [6.45, 7) is 0.196. The van der Waals surface area contributed by atoms with Crippen LogP contribution in [0.2, 0.25) is 0 Å². The van der Waals surface area contributed by atoms with Crippen LogP contribution in [0.5, 0.6) is 5.75 Å². The van der Waals surface area contributed by atoms with Crippen molar-refractivity contribution in [2.75, 3.05) is 18.9 Å². The Morgan fingerprint density at radius 2 is 1.86 bits per heavy atom. The average molecular weight is 288 g/mol. The third-order valence-electron chi connectivity index (χ3n) is 2.66. The number of pyridine rings is 1. The van der Waals surface area contributed by atoms with Crippen molar-refractivity contribution < 1.29 is 14.3 Å². The lowest BCUT2D eigenvalue weighted by Gasteiger charge is -2.08. The molecule has 2 N–H and O–H groups in total. The number of nitrogens with zero attached hydrogens (tertiary/aromatic N) is 1. The van der Waals surface area contributed by atoms with Crippen molar-refractivity contribution in [2.45, 2.75) is 6.54 Å². The molecule has 0 saturated carbocycles. The molecule has 0 aliphatic rings. The second-order valence-corrected chi connectivity index (χ2v) is 4.31. The van der Waals surface area contributed by atoms with Crippen LogP contribution in [0.15, 0.2) is 53.5 Å². The number of ether oxygens (including phenoxy) is 2. The molecular formula is C15H16N2O4. The molecule has 21 heavy (non-hydrogen) atoms. The highest BCUT2D eigenvalue weighted by Crippen LogP contribution is 2.07. The predicted molar refractivity (Wildman–Crippen MR) is 78.0 cm³/mol. The molecule has 0 bridgehead atoms. The normalized spacial score (nSPS) is 10.1. The summed E-state index contributed by atoms with van der Waals surface area (Å²) in [7, 11) is 0. The Morgan fingerprint density at radius 3 is 2.62 bits per heavy atom. The fraction of sp³-hybridized carbons (Fsp3) is 0.200. The van der Waals surface area contributed by atoms with Crippen molar-refractivity contribution in [3.8, 4) is 5.75 Å². The number of esters is 1. The number of anilines is 1. The number of rotatable bonds is 6. The Bertz CT molecular complexity index is 652. The summed E-state index contributed by atoms with van der Waals surface area (Å²) in [5.41, 5.74) is 5.67. The Labute approximate surface area is 121 Å². The highest BCUT2D eigenvalue weighted by Gasteiger charge is 2.06. The highest BCUT2D eigenvalue weighted by atomic mass is 16.6. The molecule has 0 radical (unpaired) electrons. The maximum Gasteiger partial charge on any atom is 0.326 e. The number of aromatic nitrogens is 1. The molecule has 0 aliphatic heterocycles. The SMILES string of the molecule is Nc1ccc(=O)n(CC(=O)OCCOc2ccccc2)c1. The van der Waals surface area contributed by atoms with Crippen LogP contribution >= 0.6 is 0 Å². The van der Waals surface area contributed by atoms with E-state index >= 15 is 0 Å². The van der Waals surface area contributed by atoms with Crippen LogP contribution in [-0.2, 0) is 16.1 Å². The molecule has 0 amide bonds. The molecule has 110 valence electrons. The molecule has 1 heterocycles. The molecule has 0 aliphatic carbocycles. The van der Waals surface area contributed by atoms with Gasteiger partial charge >= 0.3 is 5.97 Å². The van der Waals surface area contributed by atoms with E-state index in [4.69, 9.17) is 15.2 Å². The fourth-order valence-corrected chi connectivity index (χ4v) is 1.69. The Hall–Kier alpha value is -2.76. The van der Waals surface area contributed by atoms with Gasteiger partial charge in [0.1, 0.15) is 25.5 Å². The summed E-state index contributed by atoms with van der Waals surface area (Å²) < 4.78 is 11.6. The lowest BCUT2D eigenvalue weighted by atomic mass is 10.3. The highest BCUT2D eigenvalue weighted by molar-refractivity contribution is 5.69. The molecule has 0 saturated heterocycles. The first kappa shape index (κ1) is 14.6. The average Bonchev–Trinajstić information content (AvgIpc) is 2.48. The van der Waals surface area contributed by atoms with Crippen LogP contribution in [0.4, 0.5) is 5.69 Å². The number of hydrogen-bond acceptors (Lipinski definition) is 5. The number of carbonyl (C=O) groups is 1. The van der Waals surface area contributed by atoms with E-state index in [1.54, 1.807) is 0 Å². The zero-order valence-corrected chi connectivity index (χ0v) is 11.4. The molecule has 0 spiro atoms. The van der Waals surface area contributed by atoms with Crippen LogP contribution in [0.25, 0.3) is 0 Å². The van der Waals surface area contributed by atoms with Gasteiger partial charge in [-0.2, -0.15) is 0 Å². The topological polar surface area (TPSA) is 83.6 Å². The van der Waals surface area contributed by atoms with Crippen molar-refractivity contribution in [2.24, 2.45) is 0 Å². The smallest absolute Gasteiger partial charge is 0.326 e. The fourth-order valence-electron chi connectivity index (χ4n) is 1.69. The maximum atomic E-state index is 11.6. The van der Waals surface area contributed by atoms with Gasteiger partial charge in [0, 0.05) is 18.0 Å². The summed E-state index contributed by atoms with van der Waals surface area (Å²) in [6, 6.07) is 12.0. The van der Waals surface area contributed by atoms with Crippen LogP contribution < -0.4 is 16.0 Å². The maximum absolute atomic E-state index is 11.6. The van der Waals surface area contributed by atoms with Gasteiger partial charge < -0.3 is 19.8 Å². The van der Waals surface area contributed by atoms with E-state index in [-0.39, 0.29) is 25.3 Å². The molecule has 1 aromatic heterocycles. The van der Waals surface area contributed by atoms with Crippen molar-refractivity contribution in [1.29, 1.82) is 0 Å². The number of para-hydroxylation sites is 1. The molecule has 2 aromatic rings. The Kier molecular flexibility index (Phi) is 4.98. The van der Waals surface area contributed by atoms with E-state index in [1.165, 1.54) is 22.9 Å². The Balaban J connectivity index is 1.75. The van der Waals surface area contributed by atoms with E-state index in [2.05, 4.69) is 0 Å². The molecule has 0 unspecified atom stereocenters. The number of nitrogens with two attached hydrogens (primary N) is 1. The largest absolute Gasteiger partial charge is 0.490 e. The second-order valence-electron chi connectivity index (χ2n) is 4.31. The van der Waals surface area contributed by atoms with Crippen molar-refractivity contribution in [1.82, 2.24) is 4.57 Å². The van der Waals surface area contributed by atoms with Gasteiger partial charge in [-0.1, -0.05) is 18.2 Å². The molecule has 2 rings (SSSR count). The van der Waals surface area contributed by atoms with Crippen LogP contribution in [0, 0.1) is 0 Å². The second kappa shape index (κ2) is 7.14. The molecule has 0 atom stereocenters. The van der Waals surface area contributed by atoms with Crippen molar-refractivity contribution in [3.63, 3.8) is 0 Å². The predicted octanol–water partition coefficient (Wildman–Crippen LogP) is 1.05. The first-order valence-corrected chi connectivity index (χ1v) is 6.44. The molecule has 6 nitrogen and oxygen atoms in total. The van der Waals surface area contributed by atoms with E-state index < -0.39 is 5.97 Å². The van der Waals surface area contributed by atoms with Gasteiger partial charge in [-0.05, 0) is 18.2 Å². The van der Waals surface area contributed by atoms with Crippen molar-refractivity contribution >= 4 is 11.7 Å². The summed E-state index contributed by atoms with van der Waals surface area (Å²) in [4.78, 5) is 23.1. The van der Waals surface area contributed by atoms with Crippen LogP contribution in [0.1, 0.15) is 0 Å². The van der Waals surface area contributed by atoms with Crippen LogP contribution in [-0.4, -0.2) is 23.8 Å². The standard InChI is InChI=1S/C15H16N2O4/c16-12-6-7-14(18)17(10-12)11-15(19)21-9-8-20-13-4-2-1-3-5-13/h1-7,10H,8-9,11,16H2. The summed E-state index contributed by atoms with van der Waals surface area (Å²) in [5.74, 6) is 0.194. The van der Waals surface area contributed by atoms with Gasteiger partial charge in [0.2, 0.25) is 0 Å². The van der Waals surface area contributed by atoms with Gasteiger partial charge in [-0.15, -0.1) is 0 Å². The molecule has 0 fully saturated rings. The van der Waals surface area contributed by atoms with Crippen molar-refractivity contribution in [3.05, 3.63) is 59.0 Å². The first-order valence-electron chi connectivity index (χ1n) is 6.44. The lowest BCUT2D eigenvalue weighted by molar-refractivity contribution is -0.145. The zero-order valence-electron chi connectivity index (χ0n) is 11.4. The summed E-state index contributed by atoms with van der Waals surface area (Å²) in [6.07, 6.45) is 1.41. The molecule has 6 heteroatoms.